The number of para-hydroxylation sites is 1. The molecule has 9 aromatic carbocycles. The first-order valence-corrected chi connectivity index (χ1v) is 38.6. The summed E-state index contributed by atoms with van der Waals surface area (Å²) in [4.78, 5) is 45.3. The van der Waals surface area contributed by atoms with Gasteiger partial charge in [-0.05, 0) is 177 Å². The molecule has 1 aliphatic carbocycles. The van der Waals surface area contributed by atoms with Crippen LogP contribution in [0, 0.1) is 77.5 Å². The number of rotatable bonds is 12. The SMILES string of the molecule is CC(=O)C=C(C)O.CC(=O)C=C(C)O.CC(=O)C=C(C)O.Cc1[c-]c(-c2cc(CC(C)C)c3cc4c(cc3n2)C(C)(C)c2ccccc2-4)cc(C)c1.Cc1[c-]c(-c2cc(CC(C)C)c3cc4c(cc3n2)oc2ccccc24)cc(C)c1.Cc1[c-]c(-c2cc(CC(C)C)c3cc4c(cc3n2)sc2ccccc24)cc(C)c1.[Ir].[Ir].[Ir]. The fourth-order valence-electron chi connectivity index (χ4n) is 14.7. The monoisotopic (exact) mass is 2060 g/mol. The third-order valence-electron chi connectivity index (χ3n) is 18.8. The molecule has 1 aliphatic rings. The molecule has 0 spiro atoms. The van der Waals surface area contributed by atoms with Crippen LogP contribution in [0.25, 0.3) is 120 Å². The van der Waals surface area contributed by atoms with Crippen LogP contribution in [-0.2, 0) is 99.4 Å². The number of nitrogens with zero attached hydrogens (tertiary/aromatic N) is 3. The van der Waals surface area contributed by atoms with Crippen LogP contribution in [0.2, 0.25) is 0 Å². The zero-order valence-corrected chi connectivity index (χ0v) is 76.4. The zero-order chi connectivity index (χ0) is 79.7. The molecule has 3 radical (unpaired) electrons. The van der Waals surface area contributed by atoms with Crippen molar-refractivity contribution >= 4 is 104 Å². The van der Waals surface area contributed by atoms with Crippen molar-refractivity contribution in [3.8, 4) is 44.9 Å². The molecule has 0 fully saturated rings. The summed E-state index contributed by atoms with van der Waals surface area (Å²) in [6, 6.07) is 69.9. The van der Waals surface area contributed by atoms with Gasteiger partial charge in [-0.25, -0.2) is 0 Å². The van der Waals surface area contributed by atoms with Gasteiger partial charge >= 0.3 is 0 Å². The van der Waals surface area contributed by atoms with E-state index >= 15 is 0 Å². The molecule has 0 bridgehead atoms. The molecule has 113 heavy (non-hydrogen) atoms. The van der Waals surface area contributed by atoms with Crippen molar-refractivity contribution in [2.75, 3.05) is 0 Å². The number of aliphatic hydroxyl groups excluding tert-OH is 3. The minimum atomic E-state index is -0.125. The number of aryl methyl sites for hydroxylation is 6. The maximum atomic E-state index is 10.0. The molecule has 0 aliphatic heterocycles. The number of allylic oxidation sites excluding steroid dienone is 6. The van der Waals surface area contributed by atoms with E-state index in [1.54, 1.807) is 0 Å². The average molecular weight is 2050 g/mol. The minimum Gasteiger partial charge on any atom is -0.512 e. The number of aromatic nitrogens is 3. The third-order valence-corrected chi connectivity index (χ3v) is 19.9. The van der Waals surface area contributed by atoms with Gasteiger partial charge in [-0.2, -0.15) is 0 Å². The van der Waals surface area contributed by atoms with Gasteiger partial charge in [0.05, 0.1) is 33.8 Å². The second-order valence-corrected chi connectivity index (χ2v) is 32.3. The predicted octanol–water partition coefficient (Wildman–Crippen LogP) is 26.2. The van der Waals surface area contributed by atoms with E-state index in [4.69, 9.17) is 34.7 Å². The van der Waals surface area contributed by atoms with Gasteiger partial charge in [-0.3, -0.25) is 29.3 Å². The van der Waals surface area contributed by atoms with Gasteiger partial charge in [0.25, 0.3) is 0 Å². The Morgan fingerprint density at radius 1 is 0.398 bits per heavy atom. The summed E-state index contributed by atoms with van der Waals surface area (Å²) in [6.07, 6.45) is 6.60. The Morgan fingerprint density at radius 3 is 1.19 bits per heavy atom. The number of hydrogen-bond donors (Lipinski definition) is 3. The van der Waals surface area contributed by atoms with Crippen molar-refractivity contribution in [1.29, 1.82) is 0 Å². The fourth-order valence-corrected chi connectivity index (χ4v) is 15.9. The normalized spacial score (nSPS) is 12.1. The van der Waals surface area contributed by atoms with Gasteiger partial charge in [0.1, 0.15) is 11.2 Å². The van der Waals surface area contributed by atoms with Gasteiger partial charge in [-0.15, -0.1) is 116 Å². The van der Waals surface area contributed by atoms with E-state index < -0.39 is 0 Å². The van der Waals surface area contributed by atoms with Crippen molar-refractivity contribution in [2.24, 2.45) is 17.8 Å². The molecule has 0 saturated heterocycles. The standard InChI is InChI=1S/C30H30N.C27H24NO.C27H24NS.3C5H8O2.3Ir/c1-18(2)11-21-15-28(22-13-19(3)12-20(4)14-22)31-29-17-27-25(16-24(21)29)23-9-7-8-10-26(23)30(27,5)6;2*1-16(2)9-19-13-24(20-11-17(3)10-18(4)12-20)28-25-15-27-23(14-22(19)25)21-7-5-6-8-26(21)29-27;3*1-4(6)3-5(2)7;;;/h7-10,12-13,15-18H,11H2,1-6H3;2*5-8,10-11,13-16H,9H2,1-4H3;3*3,6H,1-2H3;;;/q3*-1;;;;;;. The van der Waals surface area contributed by atoms with Gasteiger partial charge in [0.15, 0.2) is 17.3 Å². The number of carbonyl (C=O) groups is 3. The molecule has 10 nitrogen and oxygen atoms in total. The fraction of sp³-hybridized carbons (Fsp3) is 0.273. The molecule has 0 saturated carbocycles. The Kier molecular flexibility index (Phi) is 32.0. The van der Waals surface area contributed by atoms with Crippen LogP contribution in [0.3, 0.4) is 0 Å². The minimum absolute atomic E-state index is 0. The summed E-state index contributed by atoms with van der Waals surface area (Å²) in [5.74, 6) is 1.55. The summed E-state index contributed by atoms with van der Waals surface area (Å²) >= 11 is 1.86. The number of carbonyl (C=O) groups excluding carboxylic acids is 3. The quantitative estimate of drug-likeness (QED) is 0.0609. The van der Waals surface area contributed by atoms with E-state index in [2.05, 4.69) is 267 Å². The van der Waals surface area contributed by atoms with Crippen molar-refractivity contribution in [1.82, 2.24) is 15.0 Å². The van der Waals surface area contributed by atoms with E-state index in [9.17, 15) is 14.4 Å². The maximum absolute atomic E-state index is 10.0. The van der Waals surface area contributed by atoms with E-state index in [1.807, 2.05) is 23.5 Å². The largest absolute Gasteiger partial charge is 0.512 e. The van der Waals surface area contributed by atoms with Gasteiger partial charge < -0.3 is 19.7 Å². The summed E-state index contributed by atoms with van der Waals surface area (Å²) in [5.41, 5.74) is 28.1. The second kappa shape index (κ2) is 39.7. The van der Waals surface area contributed by atoms with Gasteiger partial charge in [-0.1, -0.05) is 176 Å². The molecule has 14 aromatic rings. The van der Waals surface area contributed by atoms with Crippen molar-refractivity contribution < 1.29 is 94.4 Å². The van der Waals surface area contributed by atoms with Crippen molar-refractivity contribution in [2.45, 2.75) is 163 Å². The first kappa shape index (κ1) is 91.0. The van der Waals surface area contributed by atoms with Crippen LogP contribution in [0.5, 0.6) is 0 Å². The second-order valence-electron chi connectivity index (χ2n) is 31.3. The number of benzene rings is 9. The van der Waals surface area contributed by atoms with E-state index in [-0.39, 0.29) is 100 Å². The van der Waals surface area contributed by atoms with Crippen LogP contribution < -0.4 is 0 Å². The number of furan rings is 1. The van der Waals surface area contributed by atoms with E-state index in [0.717, 1.165) is 108 Å². The summed E-state index contributed by atoms with van der Waals surface area (Å²) in [6.45, 7) is 39.6. The molecular formula is C99H102Ir3N3O7S-3. The molecule has 3 N–H and O–H groups in total. The molecule has 0 unspecified atom stereocenters. The van der Waals surface area contributed by atoms with Gasteiger partial charge in [0.2, 0.25) is 0 Å². The topological polar surface area (TPSA) is 164 Å². The maximum Gasteiger partial charge on any atom is 0.155 e. The van der Waals surface area contributed by atoms with Crippen LogP contribution in [0.1, 0.15) is 158 Å². The Labute approximate surface area is 711 Å². The third kappa shape index (κ3) is 23.3. The first-order chi connectivity index (χ1) is 52.1. The average Bonchev–Trinajstić information content (AvgIpc) is 1.55. The number of fused-ring (bicyclic) bond motifs is 12. The molecule has 0 amide bonds. The number of ketones is 3. The Hall–Kier alpha value is -9.19. The number of pyridine rings is 3. The Balaban J connectivity index is 0.000000206. The van der Waals surface area contributed by atoms with Crippen molar-refractivity contribution in [3.63, 3.8) is 0 Å². The van der Waals surface area contributed by atoms with E-state index in [1.165, 1.54) is 152 Å². The van der Waals surface area contributed by atoms with Crippen LogP contribution in [0.4, 0.5) is 0 Å². The van der Waals surface area contributed by atoms with Crippen LogP contribution in [-0.4, -0.2) is 47.6 Å². The summed E-state index contributed by atoms with van der Waals surface area (Å²) in [7, 11) is 0. The molecule has 591 valence electrons. The van der Waals surface area contributed by atoms with Crippen LogP contribution in [0.15, 0.2) is 204 Å². The predicted molar refractivity (Wildman–Crippen MR) is 461 cm³/mol. The Morgan fingerprint density at radius 2 is 0.779 bits per heavy atom. The summed E-state index contributed by atoms with van der Waals surface area (Å²) in [5, 5.41) is 33.9. The van der Waals surface area contributed by atoms with Gasteiger partial charge in [0, 0.05) is 137 Å². The Bertz CT molecular complexity index is 5580. The molecule has 15 rings (SSSR count). The van der Waals surface area contributed by atoms with Crippen LogP contribution >= 0.6 is 11.3 Å². The molecular weight excluding hydrogens is 1950 g/mol. The number of hydrogen-bond acceptors (Lipinski definition) is 11. The summed E-state index contributed by atoms with van der Waals surface area (Å²) < 4.78 is 8.77. The molecule has 0 atom stereocenters. The van der Waals surface area contributed by atoms with Crippen molar-refractivity contribution in [3.05, 3.63) is 279 Å². The molecule has 5 heterocycles. The smallest absolute Gasteiger partial charge is 0.155 e. The number of thiophene rings is 1. The van der Waals surface area contributed by atoms with E-state index in [0.29, 0.717) is 17.8 Å². The number of aliphatic hydroxyl groups is 3. The zero-order valence-electron chi connectivity index (χ0n) is 68.4. The molecule has 14 heteroatoms. The first-order valence-electron chi connectivity index (χ1n) is 37.8. The molecule has 5 aromatic heterocycles.